The summed E-state index contributed by atoms with van der Waals surface area (Å²) >= 11 is 1.40. The first-order valence-electron chi connectivity index (χ1n) is 10.5. The van der Waals surface area contributed by atoms with Crippen molar-refractivity contribution in [3.05, 3.63) is 57.3 Å². The smallest absolute Gasteiger partial charge is 0.326 e. The van der Waals surface area contributed by atoms with E-state index in [1.54, 1.807) is 24.0 Å². The number of aryl methyl sites for hydroxylation is 2. The molecule has 11 nitrogen and oxygen atoms in total. The molecule has 0 aliphatic heterocycles. The second-order valence-electron chi connectivity index (χ2n) is 7.53. The highest BCUT2D eigenvalue weighted by molar-refractivity contribution is 7.98. The van der Waals surface area contributed by atoms with Crippen molar-refractivity contribution < 1.29 is 4.79 Å². The van der Waals surface area contributed by atoms with Gasteiger partial charge in [0.1, 0.15) is 12.2 Å². The van der Waals surface area contributed by atoms with Crippen molar-refractivity contribution in [1.29, 1.82) is 0 Å². The van der Waals surface area contributed by atoms with Crippen molar-refractivity contribution in [2.45, 2.75) is 44.1 Å². The number of imidazole rings is 1. The third-order valence-corrected chi connectivity index (χ3v) is 6.07. The summed E-state index contributed by atoms with van der Waals surface area (Å²) in [6.07, 6.45) is 3.32. The number of hydrogen-bond donors (Lipinski definition) is 2. The molecule has 0 aliphatic carbocycles. The normalized spacial score (nSPS) is 11.2. The van der Waals surface area contributed by atoms with Crippen LogP contribution in [-0.2, 0) is 24.1 Å². The molecule has 0 fully saturated rings. The van der Waals surface area contributed by atoms with Crippen LogP contribution in [0.2, 0.25) is 0 Å². The van der Waals surface area contributed by atoms with Crippen molar-refractivity contribution in [3.63, 3.8) is 0 Å². The van der Waals surface area contributed by atoms with Gasteiger partial charge >= 0.3 is 5.69 Å². The Bertz CT molecular complexity index is 1430. The zero-order valence-corrected chi connectivity index (χ0v) is 19.3. The molecule has 4 rings (SSSR count). The van der Waals surface area contributed by atoms with E-state index in [1.165, 1.54) is 23.3 Å². The average Bonchev–Trinajstić information content (AvgIpc) is 3.36. The quantitative estimate of drug-likeness (QED) is 0.378. The first-order chi connectivity index (χ1) is 15.9. The monoisotopic (exact) mass is 468 g/mol. The molecular formula is C21H24N8O3S. The van der Waals surface area contributed by atoms with Gasteiger partial charge in [-0.1, -0.05) is 31.2 Å². The summed E-state index contributed by atoms with van der Waals surface area (Å²) in [6.45, 7) is 3.98. The summed E-state index contributed by atoms with van der Waals surface area (Å²) in [4.78, 5) is 43.1. The van der Waals surface area contributed by atoms with Gasteiger partial charge in [0.15, 0.2) is 16.3 Å². The molecule has 0 atom stereocenters. The highest BCUT2D eigenvalue weighted by Gasteiger charge is 2.17. The lowest BCUT2D eigenvalue weighted by atomic mass is 10.2. The maximum atomic E-state index is 12.4. The van der Waals surface area contributed by atoms with Gasteiger partial charge in [-0.3, -0.25) is 23.7 Å². The Morgan fingerprint density at radius 3 is 2.85 bits per heavy atom. The first kappa shape index (κ1) is 22.5. The SMILES string of the molecule is CCCCn1c(=O)[nH]c(=O)c2c1nc(CSc1nncn1-c1cccc(NC(C)=O)c1)n2C. The summed E-state index contributed by atoms with van der Waals surface area (Å²) in [5.74, 6) is 0.897. The van der Waals surface area contributed by atoms with E-state index >= 15 is 0 Å². The Balaban J connectivity index is 1.63. The number of amides is 1. The third kappa shape index (κ3) is 4.60. The number of carbonyl (C=O) groups is 1. The van der Waals surface area contributed by atoms with Crippen molar-refractivity contribution in [1.82, 2.24) is 33.9 Å². The van der Waals surface area contributed by atoms with E-state index < -0.39 is 11.2 Å². The maximum Gasteiger partial charge on any atom is 0.330 e. The topological polar surface area (TPSA) is 132 Å². The van der Waals surface area contributed by atoms with Crippen LogP contribution in [0.15, 0.2) is 45.3 Å². The van der Waals surface area contributed by atoms with Gasteiger partial charge in [-0.05, 0) is 24.6 Å². The van der Waals surface area contributed by atoms with Crippen LogP contribution in [0.25, 0.3) is 16.9 Å². The van der Waals surface area contributed by atoms with Gasteiger partial charge in [0.25, 0.3) is 5.56 Å². The number of hydrogen-bond acceptors (Lipinski definition) is 7. The van der Waals surface area contributed by atoms with Gasteiger partial charge in [0, 0.05) is 26.2 Å². The Morgan fingerprint density at radius 1 is 1.27 bits per heavy atom. The van der Waals surface area contributed by atoms with Crippen molar-refractivity contribution >= 4 is 34.5 Å². The molecule has 4 aromatic rings. The second-order valence-corrected chi connectivity index (χ2v) is 8.47. The van der Waals surface area contributed by atoms with Gasteiger partial charge in [-0.25, -0.2) is 9.78 Å². The minimum atomic E-state index is -0.452. The molecule has 0 aliphatic rings. The lowest BCUT2D eigenvalue weighted by Gasteiger charge is -2.08. The van der Waals surface area contributed by atoms with Crippen LogP contribution in [-0.4, -0.2) is 39.8 Å². The molecular weight excluding hydrogens is 444 g/mol. The molecule has 3 heterocycles. The number of anilines is 1. The van der Waals surface area contributed by atoms with E-state index in [9.17, 15) is 14.4 Å². The molecule has 1 amide bonds. The molecule has 33 heavy (non-hydrogen) atoms. The lowest BCUT2D eigenvalue weighted by Crippen LogP contribution is -2.31. The Morgan fingerprint density at radius 2 is 2.09 bits per heavy atom. The molecule has 3 aromatic heterocycles. The highest BCUT2D eigenvalue weighted by atomic mass is 32.2. The van der Waals surface area contributed by atoms with Crippen LogP contribution in [0, 0.1) is 0 Å². The van der Waals surface area contributed by atoms with E-state index in [-0.39, 0.29) is 5.91 Å². The molecule has 2 N–H and O–H groups in total. The van der Waals surface area contributed by atoms with Gasteiger partial charge in [-0.15, -0.1) is 10.2 Å². The fourth-order valence-electron chi connectivity index (χ4n) is 3.51. The van der Waals surface area contributed by atoms with Crippen molar-refractivity contribution in [3.8, 4) is 5.69 Å². The molecule has 0 spiro atoms. The van der Waals surface area contributed by atoms with Crippen LogP contribution >= 0.6 is 11.8 Å². The fourth-order valence-corrected chi connectivity index (χ4v) is 4.42. The number of thioether (sulfide) groups is 1. The average molecular weight is 469 g/mol. The van der Waals surface area contributed by atoms with E-state index in [0.717, 1.165) is 18.5 Å². The summed E-state index contributed by atoms with van der Waals surface area (Å²) < 4.78 is 5.04. The number of fused-ring (bicyclic) bond motifs is 1. The molecule has 12 heteroatoms. The summed E-state index contributed by atoms with van der Waals surface area (Å²) in [5.41, 5.74) is 1.32. The fraction of sp³-hybridized carbons (Fsp3) is 0.333. The number of aromatic nitrogens is 7. The standard InChI is InChI=1S/C21H24N8O3S/c1-4-5-9-28-18-17(19(31)25-20(28)32)27(3)16(24-18)11-33-21-26-22-12-29(21)15-8-6-7-14(10-15)23-13(2)30/h6-8,10,12H,4-5,9,11H2,1-3H3,(H,23,30)(H,25,31,32). The molecule has 0 bridgehead atoms. The second kappa shape index (κ2) is 9.45. The van der Waals surface area contributed by atoms with Crippen LogP contribution in [0.1, 0.15) is 32.5 Å². The lowest BCUT2D eigenvalue weighted by molar-refractivity contribution is -0.114. The molecule has 0 saturated carbocycles. The molecule has 1 aromatic carbocycles. The van der Waals surface area contributed by atoms with Crippen LogP contribution in [0.5, 0.6) is 0 Å². The number of nitrogens with one attached hydrogen (secondary N) is 2. The Hall–Kier alpha value is -3.67. The molecule has 0 radical (unpaired) electrons. The number of nitrogens with zero attached hydrogens (tertiary/aromatic N) is 6. The number of carbonyl (C=O) groups excluding carboxylic acids is 1. The summed E-state index contributed by atoms with van der Waals surface area (Å²) in [5, 5.41) is 11.6. The highest BCUT2D eigenvalue weighted by Crippen LogP contribution is 2.25. The zero-order chi connectivity index (χ0) is 23.5. The maximum absolute atomic E-state index is 12.4. The largest absolute Gasteiger partial charge is 0.330 e. The summed E-state index contributed by atoms with van der Waals surface area (Å²) in [6, 6.07) is 7.36. The van der Waals surface area contributed by atoms with Gasteiger partial charge in [0.2, 0.25) is 5.91 Å². The summed E-state index contributed by atoms with van der Waals surface area (Å²) in [7, 11) is 1.76. The van der Waals surface area contributed by atoms with E-state index in [2.05, 4.69) is 25.5 Å². The van der Waals surface area contributed by atoms with Crippen molar-refractivity contribution in [2.75, 3.05) is 5.32 Å². The van der Waals surface area contributed by atoms with Gasteiger partial charge in [-0.2, -0.15) is 0 Å². The number of H-pyrrole nitrogens is 1. The predicted molar refractivity (Wildman–Crippen MR) is 126 cm³/mol. The predicted octanol–water partition coefficient (Wildman–Crippen LogP) is 2.05. The molecule has 0 saturated heterocycles. The van der Waals surface area contributed by atoms with Gasteiger partial charge in [0.05, 0.1) is 11.4 Å². The Labute approximate surface area is 192 Å². The molecule has 0 unspecified atom stereocenters. The van der Waals surface area contributed by atoms with E-state index in [1.807, 2.05) is 29.7 Å². The number of unbranched alkanes of at least 4 members (excludes halogenated alkanes) is 1. The first-order valence-corrected chi connectivity index (χ1v) is 11.5. The molecule has 172 valence electrons. The number of rotatable bonds is 8. The van der Waals surface area contributed by atoms with Crippen LogP contribution in [0.3, 0.4) is 0 Å². The number of aromatic amines is 1. The van der Waals surface area contributed by atoms with Gasteiger partial charge < -0.3 is 9.88 Å². The minimum Gasteiger partial charge on any atom is -0.326 e. The van der Waals surface area contributed by atoms with E-state index in [4.69, 9.17) is 0 Å². The Kier molecular flexibility index (Phi) is 6.45. The minimum absolute atomic E-state index is 0.153. The van der Waals surface area contributed by atoms with E-state index in [0.29, 0.717) is 40.1 Å². The van der Waals surface area contributed by atoms with Crippen molar-refractivity contribution in [2.24, 2.45) is 7.05 Å². The van der Waals surface area contributed by atoms with Crippen LogP contribution < -0.4 is 16.6 Å². The third-order valence-electron chi connectivity index (χ3n) is 5.13. The zero-order valence-electron chi connectivity index (χ0n) is 18.5. The van der Waals surface area contributed by atoms with Crippen LogP contribution in [0.4, 0.5) is 5.69 Å². The number of benzene rings is 1.